The Morgan fingerprint density at radius 2 is 1.68 bits per heavy atom. The summed E-state index contributed by atoms with van der Waals surface area (Å²) in [7, 11) is 1.35. The summed E-state index contributed by atoms with van der Waals surface area (Å²) in [6.45, 7) is 6.59. The number of imide groups is 1. The summed E-state index contributed by atoms with van der Waals surface area (Å²) in [5.74, 6) is -2.18. The topological polar surface area (TPSA) is 190 Å². The number of anilines is 1. The Hall–Kier alpha value is -5.84. The van der Waals surface area contributed by atoms with Gasteiger partial charge in [0.15, 0.2) is 17.9 Å². The van der Waals surface area contributed by atoms with Crippen molar-refractivity contribution < 1.29 is 47.0 Å². The van der Waals surface area contributed by atoms with Crippen LogP contribution in [0.15, 0.2) is 72.3 Å². The zero-order chi connectivity index (χ0) is 49.5. The van der Waals surface area contributed by atoms with Crippen molar-refractivity contribution in [2.24, 2.45) is 11.7 Å². The van der Waals surface area contributed by atoms with Crippen molar-refractivity contribution in [1.29, 1.82) is 0 Å². The van der Waals surface area contributed by atoms with E-state index in [2.05, 4.69) is 21.3 Å². The van der Waals surface area contributed by atoms with Gasteiger partial charge < -0.3 is 35.9 Å². The number of ether oxygens (including phenoxy) is 3. The van der Waals surface area contributed by atoms with Gasteiger partial charge >= 0.3 is 6.03 Å². The van der Waals surface area contributed by atoms with E-state index in [9.17, 15) is 24.0 Å². The molecule has 1 saturated carbocycles. The smallest absolute Gasteiger partial charge is 0.328 e. The molecule has 7 rings (SSSR count). The molecule has 2 unspecified atom stereocenters. The molecule has 14 nitrogen and oxygen atoms in total. The van der Waals surface area contributed by atoms with Crippen LogP contribution in [-0.2, 0) is 29.5 Å². The molecule has 0 aromatic heterocycles. The van der Waals surface area contributed by atoms with Crippen LogP contribution in [0.5, 0.6) is 11.5 Å². The van der Waals surface area contributed by atoms with Crippen LogP contribution in [0.4, 0.5) is 19.3 Å². The number of benzene rings is 3. The summed E-state index contributed by atoms with van der Waals surface area (Å²) < 4.78 is 50.7. The number of alkyl halides is 1. The number of amides is 6. The Balaban J connectivity index is 0.842. The number of methoxy groups -OCH3 is 1. The van der Waals surface area contributed by atoms with Gasteiger partial charge in [0.05, 0.1) is 10.7 Å². The molecule has 3 aromatic rings. The molecule has 2 aliphatic carbocycles. The van der Waals surface area contributed by atoms with E-state index in [4.69, 9.17) is 31.5 Å². The fourth-order valence-corrected chi connectivity index (χ4v) is 10.4. The van der Waals surface area contributed by atoms with Gasteiger partial charge in [0.25, 0.3) is 5.91 Å². The second-order valence-electron chi connectivity index (χ2n) is 18.6. The highest BCUT2D eigenvalue weighted by Gasteiger charge is 2.53. The van der Waals surface area contributed by atoms with Crippen molar-refractivity contribution in [1.82, 2.24) is 21.3 Å². The van der Waals surface area contributed by atoms with E-state index in [-0.39, 0.29) is 76.7 Å². The average Bonchev–Trinajstić information content (AvgIpc) is 3.61. The number of urea groups is 1. The fraction of sp³-hybridized carbons (Fsp3) is 0.481. The second kappa shape index (κ2) is 22.3. The highest BCUT2D eigenvalue weighted by molar-refractivity contribution is 6.33. The number of primary amides is 1. The predicted octanol–water partition coefficient (Wildman–Crippen LogP) is 7.59. The van der Waals surface area contributed by atoms with Gasteiger partial charge in [0.1, 0.15) is 23.4 Å². The number of carbonyl (C=O) groups is 5. The van der Waals surface area contributed by atoms with Gasteiger partial charge in [-0.3, -0.25) is 29.4 Å². The highest BCUT2D eigenvalue weighted by Crippen LogP contribution is 2.57. The zero-order valence-electron chi connectivity index (χ0n) is 39.7. The molecule has 0 radical (unpaired) electrons. The number of unbranched alkanes of at least 4 members (excludes halogenated alkanes) is 4. The van der Waals surface area contributed by atoms with Gasteiger partial charge in [-0.05, 0) is 69.6 Å². The van der Waals surface area contributed by atoms with E-state index in [1.165, 1.54) is 37.2 Å². The Morgan fingerprint density at radius 3 is 2.36 bits per heavy atom. The van der Waals surface area contributed by atoms with Crippen molar-refractivity contribution in [2.45, 2.75) is 114 Å². The number of rotatable bonds is 20. The molecule has 2 aliphatic heterocycles. The maximum Gasteiger partial charge on any atom is 0.328 e. The van der Waals surface area contributed by atoms with E-state index in [1.807, 2.05) is 44.2 Å². The maximum atomic E-state index is 17.0. The van der Waals surface area contributed by atoms with E-state index in [0.717, 1.165) is 56.1 Å². The lowest BCUT2D eigenvalue weighted by molar-refractivity contribution is -0.126. The number of nitrogens with zero attached hydrogens (tertiary/aromatic N) is 1. The van der Waals surface area contributed by atoms with Gasteiger partial charge in [0.2, 0.25) is 17.7 Å². The molecule has 69 heavy (non-hydrogen) atoms. The van der Waals surface area contributed by atoms with Crippen LogP contribution in [0.2, 0.25) is 5.02 Å². The first kappa shape index (κ1) is 51.0. The third kappa shape index (κ3) is 11.3. The van der Waals surface area contributed by atoms with Crippen LogP contribution in [0.1, 0.15) is 106 Å². The molecule has 0 bridgehead atoms. The summed E-state index contributed by atoms with van der Waals surface area (Å²) in [4.78, 5) is 63.8. The third-order valence-electron chi connectivity index (χ3n) is 14.0. The first-order chi connectivity index (χ1) is 33.0. The monoisotopic (exact) mass is 972 g/mol. The van der Waals surface area contributed by atoms with Crippen molar-refractivity contribution >= 4 is 52.5 Å². The van der Waals surface area contributed by atoms with Gasteiger partial charge in [-0.1, -0.05) is 86.3 Å². The molecule has 4 atom stereocenters. The minimum absolute atomic E-state index is 0.0296. The molecule has 2 heterocycles. The molecule has 2 fully saturated rings. The number of nitrogens with one attached hydrogen (secondary N) is 4. The van der Waals surface area contributed by atoms with E-state index in [0.29, 0.717) is 49.5 Å². The minimum atomic E-state index is -2.31. The first-order valence-corrected chi connectivity index (χ1v) is 24.3. The van der Waals surface area contributed by atoms with Crippen LogP contribution in [-0.4, -0.2) is 87.4 Å². The Bertz CT molecular complexity index is 2480. The standard InChI is InChI=1S/C52H63ClF2N6O8/c1-31-15-20-36(27-39(31)61-26-23-42(62)60-50(61)66)68-29-43(63)57-24-11-6-5-7-12-25-58-49(65)33-16-18-35(19-17-33)59-30-52(34-13-9-8-10-14-34)32(2)44-40(69-52)28-38(54)47(53)45(44)46-37(48(56)64)21-22-41(67-4)51(46,3)55/h8-10,13-15,20-22,27-28,32-33,35,41,59H,5-7,11-12,16-19,23-26,29-30H2,1-4H3,(H2,56,64)(H,57,63)(H,58,65)(H,60,62,66)/t32-,33?,35?,41?,51?,52-/m0/s1. The predicted molar refractivity (Wildman–Crippen MR) is 259 cm³/mol. The summed E-state index contributed by atoms with van der Waals surface area (Å²) in [5.41, 5.74) is 4.91. The van der Waals surface area contributed by atoms with E-state index in [1.54, 1.807) is 18.2 Å². The molecule has 6 amide bonds. The molecule has 17 heteroatoms. The lowest BCUT2D eigenvalue weighted by Crippen LogP contribution is -2.49. The summed E-state index contributed by atoms with van der Waals surface area (Å²) in [6, 6.07) is 15.6. The highest BCUT2D eigenvalue weighted by atomic mass is 35.5. The lowest BCUT2D eigenvalue weighted by atomic mass is 9.73. The molecular weight excluding hydrogens is 910 g/mol. The van der Waals surface area contributed by atoms with Crippen LogP contribution in [0, 0.1) is 18.7 Å². The van der Waals surface area contributed by atoms with Crippen molar-refractivity contribution in [3.05, 3.63) is 105 Å². The number of carbonyl (C=O) groups excluding carboxylic acids is 5. The maximum absolute atomic E-state index is 17.0. The second-order valence-corrected chi connectivity index (χ2v) is 19.0. The summed E-state index contributed by atoms with van der Waals surface area (Å²) in [5, 5.41) is 11.7. The molecule has 4 aliphatic rings. The quantitative estimate of drug-likeness (QED) is 0.0711. The van der Waals surface area contributed by atoms with E-state index < -0.39 is 41.0 Å². The zero-order valence-corrected chi connectivity index (χ0v) is 40.4. The van der Waals surface area contributed by atoms with Gasteiger partial charge in [-0.15, -0.1) is 0 Å². The molecule has 0 spiro atoms. The first-order valence-electron chi connectivity index (χ1n) is 23.9. The number of nitrogens with two attached hydrogens (primary N) is 1. The summed E-state index contributed by atoms with van der Waals surface area (Å²) in [6.07, 6.45) is 9.37. The van der Waals surface area contributed by atoms with Gasteiger partial charge in [-0.25, -0.2) is 13.6 Å². The fourth-order valence-electron chi connectivity index (χ4n) is 10.1. The number of hydrogen-bond donors (Lipinski definition) is 5. The SMILES string of the molecule is COC1C=CC(C(N)=O)=C(c2c(Cl)c(F)cc3c2[C@H](C)[C@@](CNC2CCC(C(=O)NCCCCCCCNC(=O)COc4ccc(C)c(N5CCC(=O)NC5=O)c4)CC2)(c2ccccc2)O3)C1(C)F. The number of halogens is 3. The Labute approximate surface area is 407 Å². The minimum Gasteiger partial charge on any atom is -0.484 e. The van der Waals surface area contributed by atoms with Crippen LogP contribution in [0.25, 0.3) is 5.57 Å². The average molecular weight is 974 g/mol. The molecule has 1 saturated heterocycles. The van der Waals surface area contributed by atoms with Gasteiger partial charge in [-0.2, -0.15) is 0 Å². The summed E-state index contributed by atoms with van der Waals surface area (Å²) >= 11 is 6.74. The number of fused-ring (bicyclic) bond motifs is 1. The number of hydrogen-bond acceptors (Lipinski definition) is 9. The molecule has 370 valence electrons. The number of aryl methyl sites for hydroxylation is 1. The normalized spacial score (nSPS) is 24.4. The largest absolute Gasteiger partial charge is 0.484 e. The van der Waals surface area contributed by atoms with Crippen molar-refractivity contribution in [2.75, 3.05) is 44.8 Å². The van der Waals surface area contributed by atoms with Gasteiger partial charge in [0, 0.05) is 92.0 Å². The molecule has 3 aromatic carbocycles. The van der Waals surface area contributed by atoms with Crippen LogP contribution < -0.4 is 41.4 Å². The van der Waals surface area contributed by atoms with E-state index >= 15 is 8.78 Å². The van der Waals surface area contributed by atoms with Crippen molar-refractivity contribution in [3.63, 3.8) is 0 Å². The Morgan fingerprint density at radius 1 is 0.986 bits per heavy atom. The van der Waals surface area contributed by atoms with Crippen LogP contribution in [0.3, 0.4) is 0 Å². The molecule has 6 N–H and O–H groups in total. The van der Waals surface area contributed by atoms with Crippen LogP contribution >= 0.6 is 11.6 Å². The lowest BCUT2D eigenvalue weighted by Gasteiger charge is -2.38. The third-order valence-corrected chi connectivity index (χ3v) is 14.4. The Kier molecular flexibility index (Phi) is 16.5. The molecular formula is C52H63ClF2N6O8. The van der Waals surface area contributed by atoms with Crippen molar-refractivity contribution in [3.8, 4) is 11.5 Å².